The quantitative estimate of drug-likeness (QED) is 0.470. The minimum absolute atomic E-state index is 0.128. The van der Waals surface area contributed by atoms with Crippen LogP contribution in [-0.2, 0) is 30.8 Å². The molecule has 1 amide bonds. The molecular formula is C26H29N3O5S. The van der Waals surface area contributed by atoms with Crippen molar-refractivity contribution in [3.63, 3.8) is 0 Å². The second-order valence-electron chi connectivity index (χ2n) is 8.59. The molecule has 9 heteroatoms. The third-order valence-corrected chi connectivity index (χ3v) is 8.50. The van der Waals surface area contributed by atoms with Gasteiger partial charge in [-0.1, -0.05) is 18.2 Å². The second kappa shape index (κ2) is 9.58. The average molecular weight is 496 g/mol. The van der Waals surface area contributed by atoms with Gasteiger partial charge in [-0.15, -0.1) is 0 Å². The molecule has 5 rings (SSSR count). The zero-order valence-corrected chi connectivity index (χ0v) is 20.8. The number of fused-ring (bicyclic) bond motifs is 2. The van der Waals surface area contributed by atoms with Gasteiger partial charge in [0.25, 0.3) is 5.91 Å². The van der Waals surface area contributed by atoms with Gasteiger partial charge in [0.2, 0.25) is 10.0 Å². The van der Waals surface area contributed by atoms with Crippen LogP contribution in [0.4, 0.5) is 5.69 Å². The molecule has 0 unspecified atom stereocenters. The van der Waals surface area contributed by atoms with Gasteiger partial charge in [-0.05, 0) is 37.3 Å². The van der Waals surface area contributed by atoms with Crippen molar-refractivity contribution in [1.82, 2.24) is 8.87 Å². The van der Waals surface area contributed by atoms with E-state index in [0.29, 0.717) is 57.1 Å². The Kier molecular flexibility index (Phi) is 6.50. The number of rotatable bonds is 7. The molecule has 0 N–H and O–H groups in total. The van der Waals surface area contributed by atoms with Crippen molar-refractivity contribution in [3.05, 3.63) is 59.8 Å². The lowest BCUT2D eigenvalue weighted by Gasteiger charge is -2.26. The smallest absolute Gasteiger partial charge is 0.258 e. The van der Waals surface area contributed by atoms with Gasteiger partial charge in [-0.25, -0.2) is 8.42 Å². The Morgan fingerprint density at radius 2 is 1.89 bits per heavy atom. The van der Waals surface area contributed by atoms with Crippen LogP contribution in [0.3, 0.4) is 0 Å². The largest absolute Gasteiger partial charge is 0.383 e. The molecule has 2 aromatic carbocycles. The number of nitrogens with zero attached hydrogens (tertiary/aromatic N) is 3. The molecule has 0 spiro atoms. The lowest BCUT2D eigenvalue weighted by Crippen LogP contribution is -2.40. The number of likely N-dealkylation sites (N-methyl/N-ethyl adjacent to an activating group) is 1. The molecule has 184 valence electrons. The van der Waals surface area contributed by atoms with E-state index in [1.54, 1.807) is 30.2 Å². The van der Waals surface area contributed by atoms with Crippen molar-refractivity contribution < 1.29 is 22.7 Å². The maximum absolute atomic E-state index is 13.4. The SMILES string of the molecule is CCN1C(=O)C(=Cc2cn(CCOC)c3ccccc23)c2cc(S(=O)(=O)N3CCOCC3)ccc21. The van der Waals surface area contributed by atoms with Crippen molar-refractivity contribution in [2.75, 3.05) is 51.5 Å². The van der Waals surface area contributed by atoms with E-state index in [-0.39, 0.29) is 10.8 Å². The molecule has 0 atom stereocenters. The molecule has 8 nitrogen and oxygen atoms in total. The van der Waals surface area contributed by atoms with E-state index in [1.165, 1.54) is 4.31 Å². The Morgan fingerprint density at radius 1 is 1.11 bits per heavy atom. The van der Waals surface area contributed by atoms with Crippen molar-refractivity contribution in [1.29, 1.82) is 0 Å². The van der Waals surface area contributed by atoms with Crippen molar-refractivity contribution in [2.24, 2.45) is 0 Å². The number of hydrogen-bond acceptors (Lipinski definition) is 5. The number of aromatic nitrogens is 1. The van der Waals surface area contributed by atoms with Gasteiger partial charge in [-0.3, -0.25) is 4.79 Å². The van der Waals surface area contributed by atoms with E-state index in [9.17, 15) is 13.2 Å². The highest BCUT2D eigenvalue weighted by atomic mass is 32.2. The Labute approximate surface area is 205 Å². The van der Waals surface area contributed by atoms with Crippen LogP contribution in [0.2, 0.25) is 0 Å². The summed E-state index contributed by atoms with van der Waals surface area (Å²) >= 11 is 0. The van der Waals surface area contributed by atoms with E-state index in [1.807, 2.05) is 43.5 Å². The first-order valence-electron chi connectivity index (χ1n) is 11.8. The Balaban J connectivity index is 1.62. The summed E-state index contributed by atoms with van der Waals surface area (Å²) < 4.78 is 40.7. The van der Waals surface area contributed by atoms with Gasteiger partial charge in [-0.2, -0.15) is 4.31 Å². The molecule has 35 heavy (non-hydrogen) atoms. The van der Waals surface area contributed by atoms with Crippen LogP contribution in [0.5, 0.6) is 0 Å². The first-order valence-corrected chi connectivity index (χ1v) is 13.2. The molecule has 0 saturated carbocycles. The number of hydrogen-bond donors (Lipinski definition) is 0. The normalized spacial score (nSPS) is 18.1. The summed E-state index contributed by atoms with van der Waals surface area (Å²) in [4.78, 5) is 15.3. The van der Waals surface area contributed by atoms with Crippen molar-refractivity contribution >= 4 is 44.2 Å². The molecule has 2 aliphatic heterocycles. The molecule has 0 radical (unpaired) electrons. The Bertz CT molecular complexity index is 1400. The monoisotopic (exact) mass is 495 g/mol. The van der Waals surface area contributed by atoms with Crippen LogP contribution < -0.4 is 4.90 Å². The number of morpholine rings is 1. The molecule has 1 fully saturated rings. The lowest BCUT2D eigenvalue weighted by molar-refractivity contribution is -0.112. The number of anilines is 1. The summed E-state index contributed by atoms with van der Waals surface area (Å²) in [6, 6.07) is 13.0. The number of sulfonamides is 1. The van der Waals surface area contributed by atoms with Gasteiger partial charge in [0.15, 0.2) is 0 Å². The number of carbonyl (C=O) groups is 1. The summed E-state index contributed by atoms with van der Waals surface area (Å²) in [5.74, 6) is -0.128. The molecule has 3 heterocycles. The first kappa shape index (κ1) is 23.7. The minimum atomic E-state index is -3.68. The molecule has 3 aromatic rings. The molecule has 1 saturated heterocycles. The van der Waals surface area contributed by atoms with Crippen molar-refractivity contribution in [3.8, 4) is 0 Å². The van der Waals surface area contributed by atoms with E-state index in [2.05, 4.69) is 4.57 Å². The summed E-state index contributed by atoms with van der Waals surface area (Å²) in [6.45, 7) is 5.08. The number of ether oxygens (including phenoxy) is 2. The van der Waals surface area contributed by atoms with E-state index in [4.69, 9.17) is 9.47 Å². The van der Waals surface area contributed by atoms with E-state index in [0.717, 1.165) is 22.2 Å². The van der Waals surface area contributed by atoms with Gasteiger partial charge >= 0.3 is 0 Å². The predicted molar refractivity (Wildman–Crippen MR) is 136 cm³/mol. The van der Waals surface area contributed by atoms with Crippen LogP contribution in [0.25, 0.3) is 22.6 Å². The maximum atomic E-state index is 13.4. The van der Waals surface area contributed by atoms with Gasteiger partial charge in [0.1, 0.15) is 0 Å². The zero-order chi connectivity index (χ0) is 24.6. The topological polar surface area (TPSA) is 81.1 Å². The first-order chi connectivity index (χ1) is 17.0. The Hall–Kier alpha value is -2.98. The van der Waals surface area contributed by atoms with Crippen LogP contribution in [0.1, 0.15) is 18.1 Å². The fourth-order valence-electron chi connectivity index (χ4n) is 4.81. The van der Waals surface area contributed by atoms with Gasteiger partial charge in [0, 0.05) is 67.1 Å². The summed E-state index contributed by atoms with van der Waals surface area (Å²) in [5, 5.41) is 1.03. The third kappa shape index (κ3) is 4.18. The standard InChI is InChI=1S/C26H29N3O5S/c1-3-29-25-9-8-20(35(31,32)28-11-14-34-15-12-28)17-22(25)23(26(29)30)16-19-18-27(10-13-33-2)24-7-5-4-6-21(19)24/h4-9,16-18H,3,10-15H2,1-2H3. The highest BCUT2D eigenvalue weighted by Crippen LogP contribution is 2.40. The maximum Gasteiger partial charge on any atom is 0.258 e. The van der Waals surface area contributed by atoms with Crippen LogP contribution >= 0.6 is 0 Å². The number of benzene rings is 2. The summed E-state index contributed by atoms with van der Waals surface area (Å²) in [7, 11) is -2.01. The molecule has 1 aromatic heterocycles. The van der Waals surface area contributed by atoms with E-state index >= 15 is 0 Å². The molecule has 2 aliphatic rings. The Morgan fingerprint density at radius 3 is 2.63 bits per heavy atom. The van der Waals surface area contributed by atoms with Crippen LogP contribution in [-0.4, -0.2) is 69.8 Å². The average Bonchev–Trinajstić information content (AvgIpc) is 3.37. The summed E-state index contributed by atoms with van der Waals surface area (Å²) in [6.07, 6.45) is 3.90. The highest BCUT2D eigenvalue weighted by Gasteiger charge is 2.34. The highest BCUT2D eigenvalue weighted by molar-refractivity contribution is 7.89. The molecule has 0 bridgehead atoms. The number of methoxy groups -OCH3 is 1. The zero-order valence-electron chi connectivity index (χ0n) is 19.9. The van der Waals surface area contributed by atoms with Crippen LogP contribution in [0, 0.1) is 0 Å². The second-order valence-corrected chi connectivity index (χ2v) is 10.5. The minimum Gasteiger partial charge on any atom is -0.383 e. The van der Waals surface area contributed by atoms with Gasteiger partial charge in [0.05, 0.1) is 30.4 Å². The number of amides is 1. The molecule has 0 aliphatic carbocycles. The molecular weight excluding hydrogens is 466 g/mol. The van der Waals surface area contributed by atoms with Crippen LogP contribution in [0.15, 0.2) is 53.6 Å². The number of carbonyl (C=O) groups excluding carboxylic acids is 1. The van der Waals surface area contributed by atoms with Crippen molar-refractivity contribution in [2.45, 2.75) is 18.4 Å². The lowest BCUT2D eigenvalue weighted by atomic mass is 10.0. The predicted octanol–water partition coefficient (Wildman–Crippen LogP) is 3.22. The fraction of sp³-hybridized carbons (Fsp3) is 0.346. The fourth-order valence-corrected chi connectivity index (χ4v) is 6.24. The third-order valence-electron chi connectivity index (χ3n) is 6.60. The number of para-hydroxylation sites is 1. The summed E-state index contributed by atoms with van der Waals surface area (Å²) in [5.41, 5.74) is 3.83. The van der Waals surface area contributed by atoms with Gasteiger partial charge < -0.3 is 18.9 Å². The van der Waals surface area contributed by atoms with E-state index < -0.39 is 10.0 Å².